The molecule has 148 valence electrons. The van der Waals surface area contributed by atoms with Gasteiger partial charge in [-0.05, 0) is 47.5 Å². The third-order valence-corrected chi connectivity index (χ3v) is 6.08. The number of hydrogen-bond acceptors (Lipinski definition) is 3. The van der Waals surface area contributed by atoms with E-state index < -0.39 is 0 Å². The summed E-state index contributed by atoms with van der Waals surface area (Å²) in [5.41, 5.74) is 2.92. The van der Waals surface area contributed by atoms with Crippen LogP contribution < -0.4 is 5.32 Å². The fourth-order valence-corrected chi connectivity index (χ4v) is 3.38. The van der Waals surface area contributed by atoms with Crippen molar-refractivity contribution in [1.82, 2.24) is 19.6 Å². The van der Waals surface area contributed by atoms with Crippen LogP contribution in [0.5, 0.6) is 0 Å². The summed E-state index contributed by atoms with van der Waals surface area (Å²) in [4.78, 5) is 12.6. The van der Waals surface area contributed by atoms with E-state index in [1.54, 1.807) is 10.9 Å². The van der Waals surface area contributed by atoms with Crippen LogP contribution in [0.3, 0.4) is 0 Å². The molecule has 0 radical (unpaired) electrons. The van der Waals surface area contributed by atoms with E-state index in [2.05, 4.69) is 31.4 Å². The Labute approximate surface area is 182 Å². The van der Waals surface area contributed by atoms with E-state index in [9.17, 15) is 4.79 Å². The van der Waals surface area contributed by atoms with Crippen molar-refractivity contribution in [3.63, 3.8) is 0 Å². The van der Waals surface area contributed by atoms with E-state index in [1.165, 1.54) is 0 Å². The lowest BCUT2D eigenvalue weighted by molar-refractivity contribution is -0.119. The van der Waals surface area contributed by atoms with Crippen LogP contribution in [0, 0.1) is 19.8 Å². The van der Waals surface area contributed by atoms with Gasteiger partial charge in [0.15, 0.2) is 5.82 Å². The van der Waals surface area contributed by atoms with Crippen LogP contribution in [0.1, 0.15) is 23.9 Å². The number of carbonyl (C=O) groups is 1. The highest BCUT2D eigenvalue weighted by Crippen LogP contribution is 2.23. The Morgan fingerprint density at radius 1 is 1.21 bits per heavy atom. The number of hydrogen-bond donors (Lipinski definition) is 1. The van der Waals surface area contributed by atoms with Crippen molar-refractivity contribution in [3.8, 4) is 0 Å². The van der Waals surface area contributed by atoms with Crippen molar-refractivity contribution in [3.05, 3.63) is 61.9 Å². The van der Waals surface area contributed by atoms with Gasteiger partial charge in [-0.1, -0.05) is 42.3 Å². The van der Waals surface area contributed by atoms with E-state index in [0.717, 1.165) is 21.4 Å². The fraction of sp³-hybridized carbons (Fsp3) is 0.316. The average molecular weight is 485 g/mol. The molecule has 6 nitrogen and oxygen atoms in total. The minimum atomic E-state index is -0.303. The summed E-state index contributed by atoms with van der Waals surface area (Å²) in [5.74, 6) is -0.119. The smallest absolute Gasteiger partial charge is 0.230 e. The molecule has 28 heavy (non-hydrogen) atoms. The zero-order valence-electron chi connectivity index (χ0n) is 15.7. The molecule has 2 aromatic heterocycles. The first-order chi connectivity index (χ1) is 13.2. The second kappa shape index (κ2) is 8.68. The molecule has 0 aliphatic rings. The maximum atomic E-state index is 12.6. The molecule has 2 heterocycles. The molecular formula is C19H20BrCl2N5O. The number of carbonyl (C=O) groups excluding carboxylic acids is 1. The summed E-state index contributed by atoms with van der Waals surface area (Å²) in [6, 6.07) is 7.49. The topological polar surface area (TPSA) is 64.7 Å². The van der Waals surface area contributed by atoms with Gasteiger partial charge < -0.3 is 5.32 Å². The number of aromatic nitrogens is 4. The summed E-state index contributed by atoms with van der Waals surface area (Å²) in [5, 5.41) is 12.7. The van der Waals surface area contributed by atoms with Crippen molar-refractivity contribution in [2.24, 2.45) is 5.92 Å². The van der Waals surface area contributed by atoms with Crippen LogP contribution in [-0.2, 0) is 17.9 Å². The van der Waals surface area contributed by atoms with E-state index in [-0.39, 0.29) is 11.8 Å². The molecule has 0 bridgehead atoms. The van der Waals surface area contributed by atoms with Crippen LogP contribution >= 0.6 is 39.1 Å². The van der Waals surface area contributed by atoms with E-state index in [1.807, 2.05) is 49.7 Å². The lowest BCUT2D eigenvalue weighted by Gasteiger charge is -2.12. The standard InChI is InChI=1S/C19H20BrCl2N5O/c1-11(8-27-13(3)17(20)12(2)24-27)19(28)23-18-16(22)10-26(25-18)9-14-4-6-15(21)7-5-14/h4-7,10-11H,8-9H2,1-3H3,(H,23,25,28). The zero-order valence-corrected chi connectivity index (χ0v) is 18.8. The summed E-state index contributed by atoms with van der Waals surface area (Å²) in [6.45, 7) is 6.73. The van der Waals surface area contributed by atoms with Crippen molar-refractivity contribution in [2.45, 2.75) is 33.9 Å². The highest BCUT2D eigenvalue weighted by Gasteiger charge is 2.19. The van der Waals surface area contributed by atoms with E-state index in [4.69, 9.17) is 23.2 Å². The first-order valence-electron chi connectivity index (χ1n) is 8.72. The number of amides is 1. The van der Waals surface area contributed by atoms with Crippen LogP contribution in [0.2, 0.25) is 10.0 Å². The highest BCUT2D eigenvalue weighted by molar-refractivity contribution is 9.10. The van der Waals surface area contributed by atoms with Gasteiger partial charge >= 0.3 is 0 Å². The molecule has 0 aliphatic carbocycles. The molecular weight excluding hydrogens is 465 g/mol. The second-order valence-electron chi connectivity index (χ2n) is 6.71. The predicted molar refractivity (Wildman–Crippen MR) is 115 cm³/mol. The molecule has 1 aromatic carbocycles. The molecule has 1 amide bonds. The van der Waals surface area contributed by atoms with Gasteiger partial charge in [0, 0.05) is 16.9 Å². The van der Waals surface area contributed by atoms with Gasteiger partial charge in [-0.25, -0.2) is 0 Å². The minimum Gasteiger partial charge on any atom is -0.308 e. The minimum absolute atomic E-state index is 0.165. The number of benzene rings is 1. The number of nitrogens with one attached hydrogen (secondary N) is 1. The third kappa shape index (κ3) is 4.77. The first-order valence-corrected chi connectivity index (χ1v) is 10.3. The fourth-order valence-electron chi connectivity index (χ4n) is 2.77. The third-order valence-electron chi connectivity index (χ3n) is 4.40. The average Bonchev–Trinajstić information content (AvgIpc) is 3.11. The highest BCUT2D eigenvalue weighted by atomic mass is 79.9. The van der Waals surface area contributed by atoms with Gasteiger partial charge in [-0.2, -0.15) is 10.2 Å². The van der Waals surface area contributed by atoms with Gasteiger partial charge in [0.05, 0.1) is 29.2 Å². The number of halogens is 3. The van der Waals surface area contributed by atoms with E-state index in [0.29, 0.717) is 29.0 Å². The Morgan fingerprint density at radius 2 is 1.89 bits per heavy atom. The molecule has 0 spiro atoms. The molecule has 3 aromatic rings. The van der Waals surface area contributed by atoms with Gasteiger partial charge in [0.25, 0.3) is 0 Å². The van der Waals surface area contributed by atoms with E-state index >= 15 is 0 Å². The molecule has 1 atom stereocenters. The summed E-state index contributed by atoms with van der Waals surface area (Å²) in [7, 11) is 0. The van der Waals surface area contributed by atoms with Crippen LogP contribution in [0.4, 0.5) is 5.82 Å². The van der Waals surface area contributed by atoms with Crippen LogP contribution in [0.25, 0.3) is 0 Å². The number of rotatable bonds is 6. The number of aryl methyl sites for hydroxylation is 1. The molecule has 0 aliphatic heterocycles. The molecule has 0 saturated carbocycles. The van der Waals surface area contributed by atoms with Crippen molar-refractivity contribution >= 4 is 50.9 Å². The van der Waals surface area contributed by atoms with Gasteiger partial charge in [0.2, 0.25) is 5.91 Å². The normalized spacial score (nSPS) is 12.2. The van der Waals surface area contributed by atoms with Crippen molar-refractivity contribution < 1.29 is 4.79 Å². The van der Waals surface area contributed by atoms with Crippen molar-refractivity contribution in [1.29, 1.82) is 0 Å². The Kier molecular flexibility index (Phi) is 6.47. The molecule has 9 heteroatoms. The summed E-state index contributed by atoms with van der Waals surface area (Å²) in [6.07, 6.45) is 1.69. The second-order valence-corrected chi connectivity index (χ2v) is 8.34. The van der Waals surface area contributed by atoms with Gasteiger partial charge in [-0.15, -0.1) is 0 Å². The number of nitrogens with zero attached hydrogens (tertiary/aromatic N) is 4. The summed E-state index contributed by atoms with van der Waals surface area (Å²) >= 11 is 15.7. The van der Waals surface area contributed by atoms with Crippen molar-refractivity contribution in [2.75, 3.05) is 5.32 Å². The SMILES string of the molecule is Cc1nn(CC(C)C(=O)Nc2nn(Cc3ccc(Cl)cc3)cc2Cl)c(C)c1Br. The maximum Gasteiger partial charge on any atom is 0.230 e. The quantitative estimate of drug-likeness (QED) is 0.530. The van der Waals surface area contributed by atoms with Gasteiger partial charge in [-0.3, -0.25) is 14.2 Å². The molecule has 1 N–H and O–H groups in total. The molecule has 0 fully saturated rings. The van der Waals surface area contributed by atoms with Gasteiger partial charge in [0.1, 0.15) is 5.02 Å². The molecule has 1 unspecified atom stereocenters. The lowest BCUT2D eigenvalue weighted by Crippen LogP contribution is -2.25. The van der Waals surface area contributed by atoms with Crippen LogP contribution in [0.15, 0.2) is 34.9 Å². The Hall–Kier alpha value is -1.83. The Balaban J connectivity index is 1.65. The van der Waals surface area contributed by atoms with Crippen LogP contribution in [-0.4, -0.2) is 25.5 Å². The molecule has 0 saturated heterocycles. The first kappa shape index (κ1) is 20.9. The zero-order chi connectivity index (χ0) is 20.4. The largest absolute Gasteiger partial charge is 0.308 e. The predicted octanol–water partition coefficient (Wildman–Crippen LogP) is 5.09. The lowest BCUT2D eigenvalue weighted by atomic mass is 10.1. The monoisotopic (exact) mass is 483 g/mol. The molecule has 3 rings (SSSR count). The Bertz CT molecular complexity index is 997. The maximum absolute atomic E-state index is 12.6. The summed E-state index contributed by atoms with van der Waals surface area (Å²) < 4.78 is 4.47. The Morgan fingerprint density at radius 3 is 2.50 bits per heavy atom. The number of anilines is 1.